The van der Waals surface area contributed by atoms with E-state index >= 15 is 0 Å². The highest BCUT2D eigenvalue weighted by atomic mass is 16.6. The van der Waals surface area contributed by atoms with Crippen molar-refractivity contribution < 1.29 is 14.6 Å². The zero-order valence-electron chi connectivity index (χ0n) is 14.9. The summed E-state index contributed by atoms with van der Waals surface area (Å²) in [5.74, 6) is 0.276. The molecule has 2 aliphatic heterocycles. The Bertz CT molecular complexity index is 878. The number of carbonyl (C=O) groups is 1. The number of likely N-dealkylation sites (tertiary alicyclic amines) is 1. The van der Waals surface area contributed by atoms with E-state index < -0.39 is 4.92 Å². The van der Waals surface area contributed by atoms with Crippen molar-refractivity contribution in [2.24, 2.45) is 0 Å². The summed E-state index contributed by atoms with van der Waals surface area (Å²) in [6.07, 6.45) is 0.961. The van der Waals surface area contributed by atoms with Crippen LogP contribution < -0.4 is 9.80 Å². The monoisotopic (exact) mass is 352 g/mol. The lowest BCUT2D eigenvalue weighted by Crippen LogP contribution is -3.11. The van der Waals surface area contributed by atoms with E-state index in [0.29, 0.717) is 11.5 Å². The first-order chi connectivity index (χ1) is 12.5. The number of amides is 1. The van der Waals surface area contributed by atoms with E-state index in [-0.39, 0.29) is 17.6 Å². The van der Waals surface area contributed by atoms with Gasteiger partial charge in [0.25, 0.3) is 11.6 Å². The van der Waals surface area contributed by atoms with Crippen LogP contribution in [-0.2, 0) is 0 Å². The van der Waals surface area contributed by atoms with Gasteiger partial charge in [-0.25, -0.2) is 0 Å². The normalized spacial score (nSPS) is 24.1. The van der Waals surface area contributed by atoms with Gasteiger partial charge in [0.15, 0.2) is 0 Å². The van der Waals surface area contributed by atoms with Crippen LogP contribution in [0.3, 0.4) is 0 Å². The molecule has 0 spiro atoms. The number of hydrogen-bond acceptors (Lipinski definition) is 3. The molecule has 1 unspecified atom stereocenters. The number of piperidine rings is 1. The van der Waals surface area contributed by atoms with Gasteiger partial charge in [0.05, 0.1) is 37.0 Å². The maximum absolute atomic E-state index is 13.3. The number of nitrogens with zero attached hydrogens (tertiary/aromatic N) is 2. The molecule has 26 heavy (non-hydrogen) atoms. The third-order valence-corrected chi connectivity index (χ3v) is 5.62. The predicted octanol–water partition coefficient (Wildman–Crippen LogP) is 1.93. The number of non-ortho nitro benzene ring substituents is 1. The van der Waals surface area contributed by atoms with Crippen LogP contribution in [0.2, 0.25) is 0 Å². The Hall–Kier alpha value is -2.73. The Labute approximate surface area is 152 Å². The van der Waals surface area contributed by atoms with Crippen molar-refractivity contribution in [3.05, 3.63) is 69.3 Å². The fourth-order valence-electron chi connectivity index (χ4n) is 4.33. The van der Waals surface area contributed by atoms with E-state index in [4.69, 9.17) is 0 Å². The number of nitro benzene ring substituents is 1. The molecule has 0 bridgehead atoms. The Balaban J connectivity index is 1.73. The standard InChI is InChI=1S/C20H21N3O3/c1-13-3-8-18-16(11-13)17-12-21(2)10-9-19(17)22(18)20(24)14-4-6-15(7-5-14)23(25)26/h3-8,11,17,19H,9-10,12H2,1-2H3/p+1/t17-,19-/m0/s1. The Kier molecular flexibility index (Phi) is 4.00. The SMILES string of the molecule is Cc1ccc2c(c1)[C@@H]1C[NH+](C)CC[C@@H]1N2C(=O)c1ccc([N+](=O)[O-])cc1. The van der Waals surface area contributed by atoms with Gasteiger partial charge in [-0.1, -0.05) is 17.7 Å². The van der Waals surface area contributed by atoms with Gasteiger partial charge in [0.2, 0.25) is 0 Å². The molecule has 0 aliphatic carbocycles. The maximum Gasteiger partial charge on any atom is 0.269 e. The molecule has 3 atom stereocenters. The lowest BCUT2D eigenvalue weighted by atomic mass is 9.88. The van der Waals surface area contributed by atoms with Crippen LogP contribution in [0.5, 0.6) is 0 Å². The third kappa shape index (κ3) is 2.66. The van der Waals surface area contributed by atoms with Crippen molar-refractivity contribution in [2.75, 3.05) is 25.0 Å². The molecule has 1 N–H and O–H groups in total. The number of likely N-dealkylation sites (N-methyl/N-ethyl adjacent to an activating group) is 1. The highest BCUT2D eigenvalue weighted by molar-refractivity contribution is 6.08. The van der Waals surface area contributed by atoms with Gasteiger partial charge in [0, 0.05) is 29.8 Å². The van der Waals surface area contributed by atoms with Gasteiger partial charge < -0.3 is 9.80 Å². The number of benzene rings is 2. The van der Waals surface area contributed by atoms with Crippen molar-refractivity contribution in [3.63, 3.8) is 0 Å². The van der Waals surface area contributed by atoms with Crippen molar-refractivity contribution in [3.8, 4) is 0 Å². The highest BCUT2D eigenvalue weighted by Crippen LogP contribution is 2.43. The summed E-state index contributed by atoms with van der Waals surface area (Å²) in [4.78, 5) is 27.1. The second-order valence-electron chi connectivity index (χ2n) is 7.42. The van der Waals surface area contributed by atoms with Gasteiger partial charge in [-0.15, -0.1) is 0 Å². The molecule has 1 saturated heterocycles. The van der Waals surface area contributed by atoms with Crippen LogP contribution in [0.1, 0.15) is 33.8 Å². The number of hydrogen-bond donors (Lipinski definition) is 1. The second kappa shape index (κ2) is 6.21. The van der Waals surface area contributed by atoms with Crippen molar-refractivity contribution >= 4 is 17.3 Å². The van der Waals surface area contributed by atoms with Crippen molar-refractivity contribution in [1.82, 2.24) is 0 Å². The average Bonchev–Trinajstić information content (AvgIpc) is 2.94. The smallest absolute Gasteiger partial charge is 0.269 e. The lowest BCUT2D eigenvalue weighted by molar-refractivity contribution is -0.886. The molecule has 0 radical (unpaired) electrons. The minimum atomic E-state index is -0.446. The summed E-state index contributed by atoms with van der Waals surface area (Å²) >= 11 is 0. The Morgan fingerprint density at radius 2 is 1.96 bits per heavy atom. The van der Waals surface area contributed by atoms with E-state index in [1.165, 1.54) is 28.2 Å². The van der Waals surface area contributed by atoms with Crippen LogP contribution in [0.15, 0.2) is 42.5 Å². The third-order valence-electron chi connectivity index (χ3n) is 5.62. The largest absolute Gasteiger partial charge is 0.337 e. The molecular formula is C20H22N3O3+. The molecule has 1 amide bonds. The Morgan fingerprint density at radius 1 is 1.23 bits per heavy atom. The van der Waals surface area contributed by atoms with Crippen LogP contribution in [-0.4, -0.2) is 37.0 Å². The van der Waals surface area contributed by atoms with Crippen LogP contribution >= 0.6 is 0 Å². The number of quaternary nitrogens is 1. The van der Waals surface area contributed by atoms with Crippen LogP contribution in [0, 0.1) is 17.0 Å². The molecule has 6 heteroatoms. The topological polar surface area (TPSA) is 67.9 Å². The molecule has 2 aliphatic rings. The summed E-state index contributed by atoms with van der Waals surface area (Å²) in [5.41, 5.74) is 3.94. The first-order valence-electron chi connectivity index (χ1n) is 8.95. The number of nitrogens with one attached hydrogen (secondary N) is 1. The number of nitro groups is 1. The quantitative estimate of drug-likeness (QED) is 0.663. The van der Waals surface area contributed by atoms with Gasteiger partial charge in [0.1, 0.15) is 0 Å². The van der Waals surface area contributed by atoms with E-state index in [9.17, 15) is 14.9 Å². The molecule has 2 aromatic carbocycles. The predicted molar refractivity (Wildman–Crippen MR) is 98.9 cm³/mol. The van der Waals surface area contributed by atoms with Gasteiger partial charge in [-0.3, -0.25) is 14.9 Å². The highest BCUT2D eigenvalue weighted by Gasteiger charge is 2.45. The molecule has 134 valence electrons. The number of aryl methyl sites for hydroxylation is 1. The minimum Gasteiger partial charge on any atom is -0.337 e. The number of carbonyl (C=O) groups excluding carboxylic acids is 1. The summed E-state index contributed by atoms with van der Waals surface area (Å²) in [7, 11) is 2.20. The first-order valence-corrected chi connectivity index (χ1v) is 8.95. The molecule has 1 fully saturated rings. The number of anilines is 1. The maximum atomic E-state index is 13.3. The summed E-state index contributed by atoms with van der Waals surface area (Å²) < 4.78 is 0. The van der Waals surface area contributed by atoms with E-state index in [2.05, 4.69) is 20.0 Å². The molecular weight excluding hydrogens is 330 g/mol. The van der Waals surface area contributed by atoms with Crippen molar-refractivity contribution in [2.45, 2.75) is 25.3 Å². The minimum absolute atomic E-state index is 0.000218. The molecule has 0 saturated carbocycles. The zero-order chi connectivity index (χ0) is 18.4. The van der Waals surface area contributed by atoms with Gasteiger partial charge in [-0.05, 0) is 30.7 Å². The zero-order valence-corrected chi connectivity index (χ0v) is 14.9. The van der Waals surface area contributed by atoms with E-state index in [1.807, 2.05) is 17.0 Å². The van der Waals surface area contributed by atoms with E-state index in [0.717, 1.165) is 25.2 Å². The summed E-state index contributed by atoms with van der Waals surface area (Å²) in [5, 5.41) is 10.9. The van der Waals surface area contributed by atoms with Crippen LogP contribution in [0.4, 0.5) is 11.4 Å². The van der Waals surface area contributed by atoms with Crippen molar-refractivity contribution in [1.29, 1.82) is 0 Å². The molecule has 2 aromatic rings. The molecule has 0 aromatic heterocycles. The fraction of sp³-hybridized carbons (Fsp3) is 0.350. The number of rotatable bonds is 2. The molecule has 2 heterocycles. The van der Waals surface area contributed by atoms with Gasteiger partial charge in [-0.2, -0.15) is 0 Å². The fourth-order valence-corrected chi connectivity index (χ4v) is 4.33. The Morgan fingerprint density at radius 3 is 2.65 bits per heavy atom. The molecule has 4 rings (SSSR count). The summed E-state index contributed by atoms with van der Waals surface area (Å²) in [6, 6.07) is 12.4. The lowest BCUT2D eigenvalue weighted by Gasteiger charge is -2.34. The van der Waals surface area contributed by atoms with Gasteiger partial charge >= 0.3 is 0 Å². The van der Waals surface area contributed by atoms with Crippen LogP contribution in [0.25, 0.3) is 0 Å². The second-order valence-corrected chi connectivity index (χ2v) is 7.42. The van der Waals surface area contributed by atoms with E-state index in [1.54, 1.807) is 12.1 Å². The summed E-state index contributed by atoms with van der Waals surface area (Å²) in [6.45, 7) is 4.14. The number of fused-ring (bicyclic) bond motifs is 3. The first kappa shape index (κ1) is 16.7. The average molecular weight is 352 g/mol. The molecule has 6 nitrogen and oxygen atoms in total.